The van der Waals surface area contributed by atoms with Gasteiger partial charge in [0.2, 0.25) is 0 Å². The van der Waals surface area contributed by atoms with Crippen molar-refractivity contribution < 1.29 is 9.90 Å². The zero-order valence-electron chi connectivity index (χ0n) is 9.51. The molecule has 1 heterocycles. The van der Waals surface area contributed by atoms with Gasteiger partial charge in [-0.2, -0.15) is 4.37 Å². The van der Waals surface area contributed by atoms with Crippen LogP contribution in [0.3, 0.4) is 0 Å². The van der Waals surface area contributed by atoms with Gasteiger partial charge in [-0.1, -0.05) is 29.8 Å². The number of aryl methyl sites for hydroxylation is 3. The minimum Gasteiger partial charge on any atom is -0.476 e. The monoisotopic (exact) mass is 247 g/mol. The van der Waals surface area contributed by atoms with Gasteiger partial charge in [-0.15, -0.1) is 0 Å². The molecule has 0 bridgehead atoms. The molecule has 0 aliphatic rings. The first-order valence-corrected chi connectivity index (χ1v) is 6.17. The van der Waals surface area contributed by atoms with E-state index in [0.29, 0.717) is 0 Å². The van der Waals surface area contributed by atoms with Gasteiger partial charge in [-0.3, -0.25) is 0 Å². The number of nitrogens with zero attached hydrogens (tertiary/aromatic N) is 1. The molecule has 0 radical (unpaired) electrons. The summed E-state index contributed by atoms with van der Waals surface area (Å²) in [5.41, 5.74) is 2.66. The van der Waals surface area contributed by atoms with E-state index in [1.807, 2.05) is 0 Å². The molecule has 0 aliphatic heterocycles. The molecule has 2 aromatic rings. The van der Waals surface area contributed by atoms with Gasteiger partial charge in [-0.25, -0.2) is 4.79 Å². The molecule has 0 aliphatic carbocycles. The van der Waals surface area contributed by atoms with Gasteiger partial charge >= 0.3 is 5.97 Å². The van der Waals surface area contributed by atoms with Crippen LogP contribution >= 0.6 is 11.5 Å². The van der Waals surface area contributed by atoms with Gasteiger partial charge in [0.25, 0.3) is 0 Å². The summed E-state index contributed by atoms with van der Waals surface area (Å²) in [6, 6.07) is 10.0. The molecule has 0 fully saturated rings. The van der Waals surface area contributed by atoms with Gasteiger partial charge in [0, 0.05) is 4.88 Å². The summed E-state index contributed by atoms with van der Waals surface area (Å²) in [6.45, 7) is 2.06. The number of benzene rings is 1. The highest BCUT2D eigenvalue weighted by molar-refractivity contribution is 7.05. The average molecular weight is 247 g/mol. The number of hydrogen-bond acceptors (Lipinski definition) is 3. The van der Waals surface area contributed by atoms with Crippen LogP contribution in [-0.2, 0) is 12.8 Å². The fourth-order valence-electron chi connectivity index (χ4n) is 1.55. The number of carboxylic acids is 1. The standard InChI is InChI=1S/C13H13NO2S/c1-9-2-4-10(5-3-9)6-7-11-8-12(13(15)16)14-17-11/h2-5,8H,6-7H2,1H3,(H,15,16). The molecule has 1 N–H and O–H groups in total. The number of hydrogen-bond donors (Lipinski definition) is 1. The van der Waals surface area contributed by atoms with Crippen molar-refractivity contribution in [3.8, 4) is 0 Å². The van der Waals surface area contributed by atoms with E-state index in [-0.39, 0.29) is 5.69 Å². The Bertz CT molecular complexity index is 516. The third-order valence-corrected chi connectivity index (χ3v) is 3.40. The second kappa shape index (κ2) is 5.10. The third-order valence-electron chi connectivity index (χ3n) is 2.56. The highest BCUT2D eigenvalue weighted by Gasteiger charge is 2.08. The van der Waals surface area contributed by atoms with E-state index in [1.54, 1.807) is 6.07 Å². The summed E-state index contributed by atoms with van der Waals surface area (Å²) in [5, 5.41) is 8.76. The molecular weight excluding hydrogens is 234 g/mol. The van der Waals surface area contributed by atoms with Crippen molar-refractivity contribution >= 4 is 17.5 Å². The molecule has 88 valence electrons. The molecule has 0 saturated heterocycles. The molecular formula is C13H13NO2S. The Morgan fingerprint density at radius 2 is 2.00 bits per heavy atom. The normalized spacial score (nSPS) is 10.4. The van der Waals surface area contributed by atoms with Gasteiger partial charge in [-0.05, 0) is 42.9 Å². The summed E-state index contributed by atoms with van der Waals surface area (Å²) >= 11 is 1.27. The van der Waals surface area contributed by atoms with Crippen LogP contribution in [0.2, 0.25) is 0 Å². The Morgan fingerprint density at radius 3 is 2.59 bits per heavy atom. The predicted octanol–water partition coefficient (Wildman–Crippen LogP) is 2.93. The lowest BCUT2D eigenvalue weighted by molar-refractivity contribution is 0.0692. The number of aromatic nitrogens is 1. The van der Waals surface area contributed by atoms with Gasteiger partial charge in [0.1, 0.15) is 0 Å². The summed E-state index contributed by atoms with van der Waals surface area (Å²) in [5.74, 6) is -0.956. The molecule has 1 aromatic heterocycles. The molecule has 0 atom stereocenters. The Balaban J connectivity index is 1.97. The van der Waals surface area contributed by atoms with Crippen molar-refractivity contribution in [1.29, 1.82) is 0 Å². The van der Waals surface area contributed by atoms with E-state index in [0.717, 1.165) is 17.7 Å². The molecule has 1 aromatic carbocycles. The maximum absolute atomic E-state index is 10.7. The van der Waals surface area contributed by atoms with E-state index >= 15 is 0 Å². The van der Waals surface area contributed by atoms with Crippen molar-refractivity contribution in [1.82, 2.24) is 4.37 Å². The topological polar surface area (TPSA) is 50.2 Å². The van der Waals surface area contributed by atoms with Crippen molar-refractivity contribution in [2.75, 3.05) is 0 Å². The van der Waals surface area contributed by atoms with Crippen LogP contribution < -0.4 is 0 Å². The summed E-state index contributed by atoms with van der Waals surface area (Å²) < 4.78 is 3.88. The van der Waals surface area contributed by atoms with E-state index in [1.165, 1.54) is 22.7 Å². The zero-order chi connectivity index (χ0) is 12.3. The Hall–Kier alpha value is -1.68. The maximum atomic E-state index is 10.7. The van der Waals surface area contributed by atoms with Crippen LogP contribution in [0.15, 0.2) is 30.3 Å². The highest BCUT2D eigenvalue weighted by atomic mass is 32.1. The van der Waals surface area contributed by atoms with Crippen LogP contribution in [0.4, 0.5) is 0 Å². The fraction of sp³-hybridized carbons (Fsp3) is 0.231. The Kier molecular flexibility index (Phi) is 3.54. The molecule has 0 spiro atoms. The minimum atomic E-state index is -0.956. The first-order valence-electron chi connectivity index (χ1n) is 5.39. The van der Waals surface area contributed by atoms with Crippen molar-refractivity contribution in [3.63, 3.8) is 0 Å². The van der Waals surface area contributed by atoms with Crippen LogP contribution in [0.1, 0.15) is 26.5 Å². The lowest BCUT2D eigenvalue weighted by atomic mass is 10.1. The van der Waals surface area contributed by atoms with Gasteiger partial charge in [0.15, 0.2) is 5.69 Å². The van der Waals surface area contributed by atoms with Gasteiger partial charge in [0.05, 0.1) is 0 Å². The van der Waals surface area contributed by atoms with Gasteiger partial charge < -0.3 is 5.11 Å². The summed E-state index contributed by atoms with van der Waals surface area (Å²) in [7, 11) is 0. The van der Waals surface area contributed by atoms with Crippen LogP contribution in [0.5, 0.6) is 0 Å². The van der Waals surface area contributed by atoms with E-state index in [4.69, 9.17) is 5.11 Å². The van der Waals surface area contributed by atoms with Crippen molar-refractivity contribution in [3.05, 3.63) is 52.0 Å². The fourth-order valence-corrected chi connectivity index (χ4v) is 2.26. The molecule has 17 heavy (non-hydrogen) atoms. The summed E-state index contributed by atoms with van der Waals surface area (Å²) in [4.78, 5) is 11.7. The van der Waals surface area contributed by atoms with Crippen molar-refractivity contribution in [2.24, 2.45) is 0 Å². The number of carboxylic acid groups (broad SMARTS) is 1. The zero-order valence-corrected chi connectivity index (χ0v) is 10.3. The molecule has 2 rings (SSSR count). The van der Waals surface area contributed by atoms with E-state index in [9.17, 15) is 4.79 Å². The molecule has 0 saturated carbocycles. The first kappa shape index (κ1) is 11.8. The van der Waals surface area contributed by atoms with Crippen LogP contribution in [0.25, 0.3) is 0 Å². The Morgan fingerprint density at radius 1 is 1.29 bits per heavy atom. The largest absolute Gasteiger partial charge is 0.476 e. The van der Waals surface area contributed by atoms with E-state index in [2.05, 4.69) is 35.6 Å². The smallest absolute Gasteiger partial charge is 0.355 e. The average Bonchev–Trinajstić information content (AvgIpc) is 2.77. The van der Waals surface area contributed by atoms with Crippen LogP contribution in [0, 0.1) is 6.92 Å². The highest BCUT2D eigenvalue weighted by Crippen LogP contribution is 2.14. The molecule has 0 amide bonds. The number of rotatable bonds is 4. The maximum Gasteiger partial charge on any atom is 0.355 e. The molecule has 4 heteroatoms. The predicted molar refractivity (Wildman–Crippen MR) is 67.7 cm³/mol. The third kappa shape index (κ3) is 3.14. The molecule has 0 unspecified atom stereocenters. The summed E-state index contributed by atoms with van der Waals surface area (Å²) in [6.07, 6.45) is 1.76. The lowest BCUT2D eigenvalue weighted by Crippen LogP contribution is -1.95. The molecule has 3 nitrogen and oxygen atoms in total. The first-order chi connectivity index (χ1) is 8.15. The lowest BCUT2D eigenvalue weighted by Gasteiger charge is -1.99. The second-order valence-electron chi connectivity index (χ2n) is 3.97. The minimum absolute atomic E-state index is 0.147. The van der Waals surface area contributed by atoms with Crippen molar-refractivity contribution in [2.45, 2.75) is 19.8 Å². The van der Waals surface area contributed by atoms with Crippen LogP contribution in [-0.4, -0.2) is 15.4 Å². The van der Waals surface area contributed by atoms with E-state index < -0.39 is 5.97 Å². The quantitative estimate of drug-likeness (QED) is 0.903. The SMILES string of the molecule is Cc1ccc(CCc2cc(C(=O)O)ns2)cc1. The number of carbonyl (C=O) groups is 1. The number of aromatic carboxylic acids is 1. The Labute approximate surface area is 104 Å². The second-order valence-corrected chi connectivity index (χ2v) is 4.86.